The molecule has 0 radical (unpaired) electrons. The van der Waals surface area contributed by atoms with Gasteiger partial charge in [0, 0.05) is 25.2 Å². The van der Waals surface area contributed by atoms with E-state index >= 15 is 0 Å². The zero-order valence-electron chi connectivity index (χ0n) is 12.5. The van der Waals surface area contributed by atoms with Crippen LogP contribution >= 0.6 is 12.2 Å². The summed E-state index contributed by atoms with van der Waals surface area (Å²) >= 11 is 4.97. The number of hydrogen-bond donors (Lipinski definition) is 1. The molecular weight excluding hydrogens is 252 g/mol. The number of benzene rings is 1. The molecule has 0 atom stereocenters. The lowest BCUT2D eigenvalue weighted by molar-refractivity contribution is 0.211. The molecule has 1 aromatic carbocycles. The average molecular weight is 278 g/mol. The smallest absolute Gasteiger partial charge is 0.103 e. The highest BCUT2D eigenvalue weighted by Gasteiger charge is 2.10. The Labute approximate surface area is 123 Å². The van der Waals surface area contributed by atoms with E-state index in [-0.39, 0.29) is 0 Å². The van der Waals surface area contributed by atoms with E-state index in [2.05, 4.69) is 44.7 Å². The van der Waals surface area contributed by atoms with Crippen molar-refractivity contribution in [3.8, 4) is 0 Å². The summed E-state index contributed by atoms with van der Waals surface area (Å²) in [7, 11) is 0. The van der Waals surface area contributed by atoms with E-state index in [0.717, 1.165) is 25.2 Å². The van der Waals surface area contributed by atoms with Crippen LogP contribution in [0.15, 0.2) is 24.3 Å². The molecule has 0 saturated carbocycles. The SMILES string of the molecule is CC(C)CN(Cc1ccc(C(N)=S)cc1)CC(C)C. The van der Waals surface area contributed by atoms with Crippen molar-refractivity contribution in [1.82, 2.24) is 4.90 Å². The summed E-state index contributed by atoms with van der Waals surface area (Å²) in [5.41, 5.74) is 7.88. The molecule has 106 valence electrons. The Balaban J connectivity index is 2.69. The molecule has 0 aromatic heterocycles. The lowest BCUT2D eigenvalue weighted by atomic mass is 10.1. The van der Waals surface area contributed by atoms with Crippen LogP contribution in [0.5, 0.6) is 0 Å². The third-order valence-electron chi connectivity index (χ3n) is 2.89. The van der Waals surface area contributed by atoms with Gasteiger partial charge < -0.3 is 5.73 Å². The second kappa shape index (κ2) is 7.61. The van der Waals surface area contributed by atoms with Crippen LogP contribution < -0.4 is 5.73 Å². The van der Waals surface area contributed by atoms with E-state index in [4.69, 9.17) is 18.0 Å². The van der Waals surface area contributed by atoms with Gasteiger partial charge in [-0.1, -0.05) is 64.2 Å². The van der Waals surface area contributed by atoms with Crippen molar-refractivity contribution in [3.63, 3.8) is 0 Å². The first-order chi connectivity index (χ1) is 8.88. The van der Waals surface area contributed by atoms with Gasteiger partial charge >= 0.3 is 0 Å². The number of hydrogen-bond acceptors (Lipinski definition) is 2. The Kier molecular flexibility index (Phi) is 6.46. The Morgan fingerprint density at radius 2 is 1.53 bits per heavy atom. The van der Waals surface area contributed by atoms with Crippen LogP contribution in [0.4, 0.5) is 0 Å². The van der Waals surface area contributed by atoms with E-state index in [1.165, 1.54) is 5.56 Å². The standard InChI is InChI=1S/C16H26N2S/c1-12(2)9-18(10-13(3)4)11-14-5-7-15(8-6-14)16(17)19/h5-8,12-13H,9-11H2,1-4H3,(H2,17,19). The summed E-state index contributed by atoms with van der Waals surface area (Å²) in [5, 5.41) is 0. The summed E-state index contributed by atoms with van der Waals surface area (Å²) in [6, 6.07) is 8.28. The van der Waals surface area contributed by atoms with Gasteiger partial charge in [-0.3, -0.25) is 4.90 Å². The highest BCUT2D eigenvalue weighted by atomic mass is 32.1. The van der Waals surface area contributed by atoms with E-state index in [1.807, 2.05) is 12.1 Å². The largest absolute Gasteiger partial charge is 0.389 e. The summed E-state index contributed by atoms with van der Waals surface area (Å²) in [5.74, 6) is 1.38. The zero-order chi connectivity index (χ0) is 14.4. The van der Waals surface area contributed by atoms with Crippen LogP contribution in [-0.4, -0.2) is 23.0 Å². The molecule has 0 heterocycles. The van der Waals surface area contributed by atoms with Gasteiger partial charge in [0.2, 0.25) is 0 Å². The quantitative estimate of drug-likeness (QED) is 0.775. The van der Waals surface area contributed by atoms with Crippen molar-refractivity contribution < 1.29 is 0 Å². The maximum absolute atomic E-state index is 5.62. The zero-order valence-corrected chi connectivity index (χ0v) is 13.3. The minimum Gasteiger partial charge on any atom is -0.389 e. The first-order valence-corrected chi connectivity index (χ1v) is 7.40. The molecule has 0 spiro atoms. The number of thiocarbonyl (C=S) groups is 1. The molecule has 0 aliphatic heterocycles. The molecule has 0 amide bonds. The second-order valence-corrected chi connectivity index (χ2v) is 6.48. The molecule has 1 aromatic rings. The number of nitrogens with zero attached hydrogens (tertiary/aromatic N) is 1. The summed E-state index contributed by atoms with van der Waals surface area (Å²) < 4.78 is 0. The monoisotopic (exact) mass is 278 g/mol. The second-order valence-electron chi connectivity index (χ2n) is 6.04. The molecule has 2 nitrogen and oxygen atoms in total. The normalized spacial score (nSPS) is 11.5. The van der Waals surface area contributed by atoms with Crippen molar-refractivity contribution in [2.24, 2.45) is 17.6 Å². The summed E-state index contributed by atoms with van der Waals surface area (Å²) in [6.45, 7) is 12.3. The third-order valence-corrected chi connectivity index (χ3v) is 3.13. The Morgan fingerprint density at radius 1 is 1.05 bits per heavy atom. The van der Waals surface area contributed by atoms with Crippen molar-refractivity contribution in [3.05, 3.63) is 35.4 Å². The molecule has 0 saturated heterocycles. The predicted octanol–water partition coefficient (Wildman–Crippen LogP) is 3.43. The van der Waals surface area contributed by atoms with Crippen LogP contribution in [0.25, 0.3) is 0 Å². The molecular formula is C16H26N2S. The fraction of sp³-hybridized carbons (Fsp3) is 0.562. The van der Waals surface area contributed by atoms with Crippen LogP contribution in [0.1, 0.15) is 38.8 Å². The van der Waals surface area contributed by atoms with Gasteiger partial charge in [0.15, 0.2) is 0 Å². The lowest BCUT2D eigenvalue weighted by Crippen LogP contribution is -2.30. The van der Waals surface area contributed by atoms with Crippen LogP contribution in [0.2, 0.25) is 0 Å². The lowest BCUT2D eigenvalue weighted by Gasteiger charge is -2.26. The summed E-state index contributed by atoms with van der Waals surface area (Å²) in [6.07, 6.45) is 0. The molecule has 0 fully saturated rings. The fourth-order valence-corrected chi connectivity index (χ4v) is 2.41. The van der Waals surface area contributed by atoms with Gasteiger partial charge in [0.25, 0.3) is 0 Å². The first kappa shape index (κ1) is 16.1. The highest BCUT2D eigenvalue weighted by molar-refractivity contribution is 7.80. The minimum absolute atomic E-state index is 0.466. The molecule has 0 unspecified atom stereocenters. The van der Waals surface area contributed by atoms with E-state index < -0.39 is 0 Å². The van der Waals surface area contributed by atoms with Crippen molar-refractivity contribution in [1.29, 1.82) is 0 Å². The number of rotatable bonds is 7. The highest BCUT2D eigenvalue weighted by Crippen LogP contribution is 2.11. The van der Waals surface area contributed by atoms with Gasteiger partial charge in [-0.05, 0) is 17.4 Å². The molecule has 0 aliphatic rings. The van der Waals surface area contributed by atoms with Crippen molar-refractivity contribution in [2.75, 3.05) is 13.1 Å². The predicted molar refractivity (Wildman–Crippen MR) is 87.3 cm³/mol. The Morgan fingerprint density at radius 3 is 1.89 bits per heavy atom. The van der Waals surface area contributed by atoms with E-state index in [0.29, 0.717) is 16.8 Å². The van der Waals surface area contributed by atoms with Gasteiger partial charge in [-0.15, -0.1) is 0 Å². The number of nitrogens with two attached hydrogens (primary N) is 1. The van der Waals surface area contributed by atoms with Crippen molar-refractivity contribution >= 4 is 17.2 Å². The third kappa shape index (κ3) is 6.17. The topological polar surface area (TPSA) is 29.3 Å². The molecule has 2 N–H and O–H groups in total. The Hall–Kier alpha value is -0.930. The maximum Gasteiger partial charge on any atom is 0.103 e. The van der Waals surface area contributed by atoms with Gasteiger partial charge in [-0.2, -0.15) is 0 Å². The van der Waals surface area contributed by atoms with Crippen LogP contribution in [-0.2, 0) is 6.54 Å². The van der Waals surface area contributed by atoms with E-state index in [1.54, 1.807) is 0 Å². The van der Waals surface area contributed by atoms with Crippen LogP contribution in [0, 0.1) is 11.8 Å². The Bertz CT molecular complexity index is 386. The van der Waals surface area contributed by atoms with Gasteiger partial charge in [0.1, 0.15) is 4.99 Å². The van der Waals surface area contributed by atoms with Crippen LogP contribution in [0.3, 0.4) is 0 Å². The molecule has 0 aliphatic carbocycles. The maximum atomic E-state index is 5.62. The molecule has 19 heavy (non-hydrogen) atoms. The average Bonchev–Trinajstić information content (AvgIpc) is 2.27. The van der Waals surface area contributed by atoms with E-state index in [9.17, 15) is 0 Å². The molecule has 1 rings (SSSR count). The molecule has 0 bridgehead atoms. The minimum atomic E-state index is 0.466. The fourth-order valence-electron chi connectivity index (χ4n) is 2.27. The first-order valence-electron chi connectivity index (χ1n) is 6.99. The van der Waals surface area contributed by atoms with Gasteiger partial charge in [0.05, 0.1) is 0 Å². The van der Waals surface area contributed by atoms with Gasteiger partial charge in [-0.25, -0.2) is 0 Å². The summed E-state index contributed by atoms with van der Waals surface area (Å²) in [4.78, 5) is 2.98. The van der Waals surface area contributed by atoms with Crippen molar-refractivity contribution in [2.45, 2.75) is 34.2 Å². The molecule has 3 heteroatoms.